The van der Waals surface area contributed by atoms with E-state index in [0.717, 1.165) is 28.6 Å². The zero-order valence-corrected chi connectivity index (χ0v) is 25.7. The quantitative estimate of drug-likeness (QED) is 0.190. The number of hydrogen-bond acceptors (Lipinski definition) is 3. The lowest BCUT2D eigenvalue weighted by molar-refractivity contribution is 0.359. The van der Waals surface area contributed by atoms with Crippen LogP contribution >= 0.6 is 0 Å². The fourth-order valence-electron chi connectivity index (χ4n) is 7.79. The summed E-state index contributed by atoms with van der Waals surface area (Å²) < 4.78 is 13.4. The van der Waals surface area contributed by atoms with Gasteiger partial charge in [0.1, 0.15) is 0 Å². The molecule has 0 bridgehead atoms. The number of benzene rings is 6. The number of rotatable bonds is 4. The Hall–Kier alpha value is -5.80. The van der Waals surface area contributed by atoms with Crippen LogP contribution in [0.5, 0.6) is 23.0 Å². The van der Waals surface area contributed by atoms with Crippen LogP contribution in [0, 0.1) is 6.92 Å². The first-order valence-corrected chi connectivity index (χ1v) is 15.7. The summed E-state index contributed by atoms with van der Waals surface area (Å²) in [6.07, 6.45) is 3.84. The van der Waals surface area contributed by atoms with Crippen LogP contribution in [0.25, 0.3) is 22.3 Å². The van der Waals surface area contributed by atoms with Crippen molar-refractivity contribution in [3.63, 3.8) is 0 Å². The summed E-state index contributed by atoms with van der Waals surface area (Å²) in [5.41, 5.74) is 14.0. The molecule has 6 aromatic rings. The molecule has 3 aliphatic rings. The number of fused-ring (bicyclic) bond motifs is 12. The number of nitrogens with zero attached hydrogens (tertiary/aromatic N) is 1. The summed E-state index contributed by atoms with van der Waals surface area (Å²) in [5, 5.41) is 0. The van der Waals surface area contributed by atoms with E-state index in [1.807, 2.05) is 18.2 Å². The summed E-state index contributed by atoms with van der Waals surface area (Å²) >= 11 is 0. The minimum Gasteiger partial charge on any atom is -0.449 e. The molecule has 6 aromatic carbocycles. The van der Waals surface area contributed by atoms with Gasteiger partial charge in [0.25, 0.3) is 0 Å². The minimum atomic E-state index is -0.436. The van der Waals surface area contributed by atoms with Crippen molar-refractivity contribution in [3.05, 3.63) is 180 Å². The van der Waals surface area contributed by atoms with Gasteiger partial charge in [-0.1, -0.05) is 103 Å². The van der Waals surface area contributed by atoms with Crippen LogP contribution in [0.4, 0.5) is 11.4 Å². The van der Waals surface area contributed by atoms with Gasteiger partial charge in [0.15, 0.2) is 23.0 Å². The Morgan fingerprint density at radius 3 is 1.72 bits per heavy atom. The highest BCUT2D eigenvalue weighted by molar-refractivity contribution is 5.95. The van der Waals surface area contributed by atoms with E-state index in [2.05, 4.69) is 147 Å². The molecule has 3 nitrogen and oxygen atoms in total. The second-order valence-electron chi connectivity index (χ2n) is 12.3. The monoisotopic (exact) mass is 593 g/mol. The average Bonchev–Trinajstić information content (AvgIpc) is 3.54. The number of hydrogen-bond donors (Lipinski definition) is 0. The molecule has 0 fully saturated rings. The Labute approximate surface area is 269 Å². The van der Waals surface area contributed by atoms with Crippen molar-refractivity contribution in [2.24, 2.45) is 0 Å². The van der Waals surface area contributed by atoms with E-state index in [1.165, 1.54) is 50.1 Å². The van der Waals surface area contributed by atoms with Crippen LogP contribution in [-0.2, 0) is 5.41 Å². The van der Waals surface area contributed by atoms with E-state index in [4.69, 9.17) is 9.47 Å². The van der Waals surface area contributed by atoms with Crippen LogP contribution in [0.2, 0.25) is 0 Å². The van der Waals surface area contributed by atoms with Gasteiger partial charge >= 0.3 is 0 Å². The summed E-state index contributed by atoms with van der Waals surface area (Å²) in [4.78, 5) is 2.21. The normalized spacial score (nSPS) is 14.2. The number of aryl methyl sites for hydroxylation is 1. The third kappa shape index (κ3) is 3.60. The minimum absolute atomic E-state index is 0.436. The van der Waals surface area contributed by atoms with Gasteiger partial charge in [-0.25, -0.2) is 0 Å². The van der Waals surface area contributed by atoms with Crippen molar-refractivity contribution in [3.8, 4) is 45.3 Å². The molecule has 9 rings (SSSR count). The smallest absolute Gasteiger partial charge is 0.172 e. The standard InChI is InChI=1S/C43H31NO2/c1-4-11-28(3)44(29-20-18-27(2)19-21-29)30-22-23-39-40(24-30)46-42-26-38-34(25-41(42)45-39)33-14-7-10-17-37(33)43(38)35-15-8-5-12-31(35)32-13-6-9-16-36(32)43/h4-26H,1H2,2-3H3/b28-11+. The summed E-state index contributed by atoms with van der Waals surface area (Å²) in [7, 11) is 0. The van der Waals surface area contributed by atoms with Gasteiger partial charge in [-0.15, -0.1) is 0 Å². The predicted octanol–water partition coefficient (Wildman–Crippen LogP) is 11.5. The highest BCUT2D eigenvalue weighted by Gasteiger charge is 2.52. The summed E-state index contributed by atoms with van der Waals surface area (Å²) in [5.74, 6) is 2.83. The largest absolute Gasteiger partial charge is 0.449 e. The maximum absolute atomic E-state index is 6.77. The van der Waals surface area contributed by atoms with Crippen LogP contribution in [0.1, 0.15) is 34.7 Å². The average molecular weight is 594 g/mol. The summed E-state index contributed by atoms with van der Waals surface area (Å²) in [6.45, 7) is 8.12. The van der Waals surface area contributed by atoms with Gasteiger partial charge in [-0.05, 0) is 101 Å². The first-order valence-electron chi connectivity index (χ1n) is 15.7. The molecule has 2 aliphatic carbocycles. The molecule has 0 unspecified atom stereocenters. The number of allylic oxidation sites excluding steroid dienone is 3. The van der Waals surface area contributed by atoms with Crippen molar-refractivity contribution in [2.75, 3.05) is 4.90 Å². The Kier molecular flexibility index (Phi) is 5.69. The SMILES string of the molecule is C=C/C=C(\C)N(c1ccc(C)cc1)c1ccc2c(c1)Oc1cc3c(cc1O2)-c1ccccc1C31c2ccccc2-c2ccccc21. The molecule has 1 aliphatic heterocycles. The lowest BCUT2D eigenvalue weighted by Crippen LogP contribution is -2.25. The van der Waals surface area contributed by atoms with Crippen molar-refractivity contribution in [1.29, 1.82) is 0 Å². The molecule has 0 saturated carbocycles. The third-order valence-corrected chi connectivity index (χ3v) is 9.69. The van der Waals surface area contributed by atoms with Crippen molar-refractivity contribution in [2.45, 2.75) is 19.3 Å². The van der Waals surface area contributed by atoms with Gasteiger partial charge in [0.2, 0.25) is 0 Å². The van der Waals surface area contributed by atoms with Crippen molar-refractivity contribution < 1.29 is 9.47 Å². The van der Waals surface area contributed by atoms with E-state index >= 15 is 0 Å². The first kappa shape index (κ1) is 26.6. The zero-order valence-electron chi connectivity index (χ0n) is 25.7. The van der Waals surface area contributed by atoms with E-state index in [0.29, 0.717) is 11.5 Å². The fourth-order valence-corrected chi connectivity index (χ4v) is 7.79. The molecule has 220 valence electrons. The molecule has 1 heterocycles. The van der Waals surface area contributed by atoms with Crippen LogP contribution in [0.15, 0.2) is 152 Å². The van der Waals surface area contributed by atoms with Crippen LogP contribution in [0.3, 0.4) is 0 Å². The Morgan fingerprint density at radius 2 is 1.09 bits per heavy atom. The summed E-state index contributed by atoms with van der Waals surface area (Å²) in [6, 6.07) is 45.6. The Morgan fingerprint density at radius 1 is 0.565 bits per heavy atom. The van der Waals surface area contributed by atoms with Gasteiger partial charge < -0.3 is 14.4 Å². The second-order valence-corrected chi connectivity index (χ2v) is 12.3. The molecule has 1 spiro atoms. The lowest BCUT2D eigenvalue weighted by atomic mass is 9.70. The maximum atomic E-state index is 6.77. The highest BCUT2D eigenvalue weighted by atomic mass is 16.6. The van der Waals surface area contributed by atoms with E-state index in [9.17, 15) is 0 Å². The predicted molar refractivity (Wildman–Crippen MR) is 187 cm³/mol. The molecule has 0 N–H and O–H groups in total. The van der Waals surface area contributed by atoms with Crippen molar-refractivity contribution >= 4 is 11.4 Å². The molecule has 0 saturated heterocycles. The fraction of sp³-hybridized carbons (Fsp3) is 0.0698. The highest BCUT2D eigenvalue weighted by Crippen LogP contribution is 2.64. The third-order valence-electron chi connectivity index (χ3n) is 9.69. The number of ether oxygens (including phenoxy) is 2. The Balaban J connectivity index is 1.21. The van der Waals surface area contributed by atoms with Gasteiger partial charge in [-0.3, -0.25) is 0 Å². The molecule has 0 radical (unpaired) electrons. The Bertz CT molecular complexity index is 2210. The number of anilines is 2. The van der Waals surface area contributed by atoms with E-state index in [1.54, 1.807) is 0 Å². The van der Waals surface area contributed by atoms with E-state index in [-0.39, 0.29) is 0 Å². The van der Waals surface area contributed by atoms with E-state index < -0.39 is 5.41 Å². The topological polar surface area (TPSA) is 21.7 Å². The van der Waals surface area contributed by atoms with Gasteiger partial charge in [0, 0.05) is 23.1 Å². The maximum Gasteiger partial charge on any atom is 0.172 e. The molecule has 3 heteroatoms. The molecule has 0 atom stereocenters. The molecule has 0 amide bonds. The second kappa shape index (κ2) is 9.85. The zero-order chi connectivity index (χ0) is 31.0. The molecule has 46 heavy (non-hydrogen) atoms. The van der Waals surface area contributed by atoms with Gasteiger partial charge in [-0.2, -0.15) is 0 Å². The first-order chi connectivity index (χ1) is 22.6. The molecular weight excluding hydrogens is 562 g/mol. The van der Waals surface area contributed by atoms with Crippen molar-refractivity contribution in [1.82, 2.24) is 0 Å². The van der Waals surface area contributed by atoms with Crippen LogP contribution in [-0.4, -0.2) is 0 Å². The van der Waals surface area contributed by atoms with Crippen LogP contribution < -0.4 is 14.4 Å². The molecular formula is C43H31NO2. The molecule has 0 aromatic heterocycles. The lowest BCUT2D eigenvalue weighted by Gasteiger charge is -2.31. The van der Waals surface area contributed by atoms with Gasteiger partial charge in [0.05, 0.1) is 5.41 Å².